The Bertz CT molecular complexity index is 1020. The highest BCUT2D eigenvalue weighted by atomic mass is 35.5. The molecule has 1 unspecified atom stereocenters. The monoisotopic (exact) mass is 464 g/mol. The summed E-state index contributed by atoms with van der Waals surface area (Å²) in [5, 5.41) is 11.6. The zero-order valence-corrected chi connectivity index (χ0v) is 18.8. The average Bonchev–Trinajstić information content (AvgIpc) is 2.98. The van der Waals surface area contributed by atoms with E-state index in [0.717, 1.165) is 0 Å². The minimum atomic E-state index is -0.903. The molecule has 0 aliphatic carbocycles. The van der Waals surface area contributed by atoms with Crippen molar-refractivity contribution < 1.29 is 24.2 Å². The zero-order valence-electron chi connectivity index (χ0n) is 17.3. The molecule has 1 saturated heterocycles. The van der Waals surface area contributed by atoms with Gasteiger partial charge in [-0.1, -0.05) is 29.3 Å². The number of ketones is 1. The van der Waals surface area contributed by atoms with E-state index in [2.05, 4.69) is 4.98 Å². The summed E-state index contributed by atoms with van der Waals surface area (Å²) in [5.41, 5.74) is 0.419. The first kappa shape index (κ1) is 23.1. The number of rotatable bonds is 7. The van der Waals surface area contributed by atoms with Gasteiger partial charge in [0.1, 0.15) is 17.6 Å². The number of likely N-dealkylation sites (tertiary alicyclic amines) is 1. The molecule has 2 heterocycles. The fourth-order valence-electron chi connectivity index (χ4n) is 3.43. The standard InChI is InChI=1S/C22H22Cl2N2O5/c1-12(2)31-9-8-26-18(16-6-4-5-7-25-16)17(20(28)22(26)29)19(27)14-10-13(23)11-15(24)21(14)30-3/h4-7,10-12,18,27H,8-9H2,1-3H3/b19-17+. The van der Waals surface area contributed by atoms with Crippen molar-refractivity contribution in [2.75, 3.05) is 20.3 Å². The van der Waals surface area contributed by atoms with Gasteiger partial charge < -0.3 is 19.5 Å². The fourth-order valence-corrected chi connectivity index (χ4v) is 4.00. The number of hydrogen-bond acceptors (Lipinski definition) is 6. The van der Waals surface area contributed by atoms with Crippen molar-refractivity contribution in [1.82, 2.24) is 9.88 Å². The number of halogens is 2. The van der Waals surface area contributed by atoms with E-state index in [1.165, 1.54) is 24.1 Å². The largest absolute Gasteiger partial charge is 0.507 e. The average molecular weight is 465 g/mol. The molecule has 2 aromatic rings. The van der Waals surface area contributed by atoms with Crippen LogP contribution in [0.5, 0.6) is 5.75 Å². The van der Waals surface area contributed by atoms with Crippen LogP contribution in [0.15, 0.2) is 42.1 Å². The van der Waals surface area contributed by atoms with E-state index in [1.807, 2.05) is 13.8 Å². The smallest absolute Gasteiger partial charge is 0.295 e. The summed E-state index contributed by atoms with van der Waals surface area (Å²) >= 11 is 12.3. The lowest BCUT2D eigenvalue weighted by atomic mass is 9.98. The molecule has 0 radical (unpaired) electrons. The molecule has 1 amide bonds. The van der Waals surface area contributed by atoms with Crippen LogP contribution in [0.25, 0.3) is 5.76 Å². The Balaban J connectivity index is 2.17. The number of benzene rings is 1. The van der Waals surface area contributed by atoms with E-state index < -0.39 is 23.5 Å². The van der Waals surface area contributed by atoms with Gasteiger partial charge in [0.15, 0.2) is 0 Å². The van der Waals surface area contributed by atoms with E-state index >= 15 is 0 Å². The lowest BCUT2D eigenvalue weighted by molar-refractivity contribution is -0.140. The molecule has 1 aromatic heterocycles. The van der Waals surface area contributed by atoms with Crippen molar-refractivity contribution >= 4 is 40.7 Å². The Labute approximate surface area is 190 Å². The SMILES string of the molecule is COc1c(Cl)cc(Cl)cc1/C(O)=C1\C(=O)C(=O)N(CCOC(C)C)C1c1ccccn1. The second-order valence-electron chi connectivity index (χ2n) is 7.14. The van der Waals surface area contributed by atoms with E-state index in [4.69, 9.17) is 32.7 Å². The Morgan fingerprint density at radius 3 is 2.61 bits per heavy atom. The van der Waals surface area contributed by atoms with Crippen molar-refractivity contribution in [3.8, 4) is 5.75 Å². The number of nitrogens with zero attached hydrogens (tertiary/aromatic N) is 2. The van der Waals surface area contributed by atoms with Gasteiger partial charge in [-0.05, 0) is 38.1 Å². The molecule has 1 aromatic carbocycles. The molecule has 0 saturated carbocycles. The molecule has 1 aliphatic rings. The van der Waals surface area contributed by atoms with Crippen LogP contribution in [0.4, 0.5) is 0 Å². The minimum Gasteiger partial charge on any atom is -0.507 e. The Hall–Kier alpha value is -2.61. The Morgan fingerprint density at radius 1 is 1.26 bits per heavy atom. The zero-order chi connectivity index (χ0) is 22.7. The van der Waals surface area contributed by atoms with Crippen LogP contribution in [-0.4, -0.2) is 53.0 Å². The van der Waals surface area contributed by atoms with Crippen LogP contribution in [-0.2, 0) is 14.3 Å². The van der Waals surface area contributed by atoms with Crippen molar-refractivity contribution in [2.45, 2.75) is 26.0 Å². The maximum absolute atomic E-state index is 13.0. The van der Waals surface area contributed by atoms with Crippen LogP contribution in [0, 0.1) is 0 Å². The number of aliphatic hydroxyl groups is 1. The maximum Gasteiger partial charge on any atom is 0.295 e. The first-order valence-corrected chi connectivity index (χ1v) is 10.4. The van der Waals surface area contributed by atoms with Crippen LogP contribution in [0.1, 0.15) is 31.1 Å². The molecule has 1 fully saturated rings. The second kappa shape index (κ2) is 9.68. The highest BCUT2D eigenvalue weighted by molar-refractivity contribution is 6.46. The molecule has 9 heteroatoms. The van der Waals surface area contributed by atoms with Crippen LogP contribution in [0.2, 0.25) is 10.0 Å². The Kier molecular flexibility index (Phi) is 7.20. The van der Waals surface area contributed by atoms with Gasteiger partial charge in [-0.15, -0.1) is 0 Å². The first-order chi connectivity index (χ1) is 14.8. The van der Waals surface area contributed by atoms with Gasteiger partial charge in [0.2, 0.25) is 0 Å². The van der Waals surface area contributed by atoms with E-state index in [1.54, 1.807) is 24.4 Å². The first-order valence-electron chi connectivity index (χ1n) is 9.60. The molecule has 7 nitrogen and oxygen atoms in total. The van der Waals surface area contributed by atoms with Gasteiger partial charge in [0.25, 0.3) is 11.7 Å². The van der Waals surface area contributed by atoms with Crippen molar-refractivity contribution in [3.63, 3.8) is 0 Å². The van der Waals surface area contributed by atoms with Crippen molar-refractivity contribution in [3.05, 3.63) is 63.4 Å². The lowest BCUT2D eigenvalue weighted by Gasteiger charge is -2.25. The number of pyridine rings is 1. The van der Waals surface area contributed by atoms with Crippen LogP contribution >= 0.6 is 23.2 Å². The summed E-state index contributed by atoms with van der Waals surface area (Å²) in [6, 6.07) is 7.12. The minimum absolute atomic E-state index is 0.0389. The normalized spacial score (nSPS) is 18.1. The third-order valence-corrected chi connectivity index (χ3v) is 5.26. The number of carbonyl (C=O) groups is 2. The predicted octanol–water partition coefficient (Wildman–Crippen LogP) is 4.24. The number of ether oxygens (including phenoxy) is 2. The number of amides is 1. The van der Waals surface area contributed by atoms with Crippen LogP contribution < -0.4 is 4.74 Å². The molecule has 1 aliphatic heterocycles. The van der Waals surface area contributed by atoms with Crippen molar-refractivity contribution in [1.29, 1.82) is 0 Å². The van der Waals surface area contributed by atoms with E-state index in [-0.39, 0.29) is 46.2 Å². The third kappa shape index (κ3) is 4.69. The van der Waals surface area contributed by atoms with Gasteiger partial charge in [0.05, 0.1) is 41.7 Å². The molecule has 3 rings (SSSR count). The van der Waals surface area contributed by atoms with E-state index in [9.17, 15) is 14.7 Å². The summed E-state index contributed by atoms with van der Waals surface area (Å²) in [5.74, 6) is -1.90. The number of carbonyl (C=O) groups excluding carboxylic acids is 2. The van der Waals surface area contributed by atoms with Gasteiger partial charge in [-0.25, -0.2) is 0 Å². The highest BCUT2D eigenvalue weighted by Gasteiger charge is 2.47. The van der Waals surface area contributed by atoms with Gasteiger partial charge in [-0.3, -0.25) is 14.6 Å². The Morgan fingerprint density at radius 2 is 2.00 bits per heavy atom. The van der Waals surface area contributed by atoms with E-state index in [0.29, 0.717) is 5.69 Å². The molecule has 0 bridgehead atoms. The van der Waals surface area contributed by atoms with Gasteiger partial charge in [-0.2, -0.15) is 0 Å². The molecule has 31 heavy (non-hydrogen) atoms. The molecule has 1 atom stereocenters. The quantitative estimate of drug-likeness (QED) is 0.374. The summed E-state index contributed by atoms with van der Waals surface area (Å²) < 4.78 is 10.9. The molecular formula is C22H22Cl2N2O5. The lowest BCUT2D eigenvalue weighted by Crippen LogP contribution is -2.33. The highest BCUT2D eigenvalue weighted by Crippen LogP contribution is 2.42. The van der Waals surface area contributed by atoms with Gasteiger partial charge in [0, 0.05) is 17.8 Å². The number of Topliss-reactive ketones (excluding diaryl/α,β-unsaturated/α-hetero) is 1. The van der Waals surface area contributed by atoms with Crippen molar-refractivity contribution in [2.24, 2.45) is 0 Å². The molecule has 164 valence electrons. The fraction of sp³-hybridized carbons (Fsp3) is 0.318. The molecule has 0 spiro atoms. The maximum atomic E-state index is 13.0. The summed E-state index contributed by atoms with van der Waals surface area (Å²) in [4.78, 5) is 31.5. The number of aromatic nitrogens is 1. The number of hydrogen-bond donors (Lipinski definition) is 1. The number of methoxy groups -OCH3 is 1. The van der Waals surface area contributed by atoms with Gasteiger partial charge >= 0.3 is 0 Å². The third-order valence-electron chi connectivity index (χ3n) is 4.76. The summed E-state index contributed by atoms with van der Waals surface area (Å²) in [6.07, 6.45) is 1.51. The topological polar surface area (TPSA) is 89.0 Å². The predicted molar refractivity (Wildman–Crippen MR) is 117 cm³/mol. The second-order valence-corrected chi connectivity index (χ2v) is 7.98. The summed E-state index contributed by atoms with van der Waals surface area (Å²) in [6.45, 7) is 4.12. The number of aliphatic hydroxyl groups excluding tert-OH is 1. The van der Waals surface area contributed by atoms with Crippen LogP contribution in [0.3, 0.4) is 0 Å². The molecular weight excluding hydrogens is 443 g/mol. The molecule has 1 N–H and O–H groups in total. The summed E-state index contributed by atoms with van der Waals surface area (Å²) in [7, 11) is 1.38.